The second-order valence-electron chi connectivity index (χ2n) is 3.88. The molecular weight excluding hydrogens is 312 g/mol. The smallest absolute Gasteiger partial charge is 0.275 e. The van der Waals surface area contributed by atoms with Crippen molar-refractivity contribution in [3.63, 3.8) is 0 Å². The monoisotopic (exact) mass is 324 g/mol. The third-order valence-corrected chi connectivity index (χ3v) is 3.02. The fourth-order valence-electron chi connectivity index (χ4n) is 1.43. The van der Waals surface area contributed by atoms with E-state index in [-0.39, 0.29) is 5.91 Å². The number of nitrogens with zero attached hydrogens (tertiary/aromatic N) is 3. The Morgan fingerprint density at radius 1 is 1.42 bits per heavy atom. The summed E-state index contributed by atoms with van der Waals surface area (Å²) in [4.78, 5) is 13.4. The zero-order valence-corrected chi connectivity index (χ0v) is 11.9. The van der Waals surface area contributed by atoms with Crippen molar-refractivity contribution in [3.05, 3.63) is 40.6 Å². The van der Waals surface area contributed by atoms with Gasteiger partial charge in [0.2, 0.25) is 0 Å². The topological polar surface area (TPSA) is 71.1 Å². The van der Waals surface area contributed by atoms with Crippen LogP contribution in [0.5, 0.6) is 5.75 Å². The molecule has 0 saturated heterocycles. The Kier molecular flexibility index (Phi) is 4.51. The molecular formula is C12H13BrN4O2. The number of halogens is 1. The van der Waals surface area contributed by atoms with Gasteiger partial charge in [0.25, 0.3) is 5.91 Å². The molecule has 6 nitrogen and oxygen atoms in total. The standard InChI is InChI=1S/C12H13BrN4O2/c1-17(12(18)11-8-14-16-15-11)6-7-19-10-4-2-9(13)3-5-10/h2-5,8H,6-7H2,1H3,(H,14,15,16). The van der Waals surface area contributed by atoms with Crippen LogP contribution >= 0.6 is 15.9 Å². The van der Waals surface area contributed by atoms with Gasteiger partial charge in [-0.05, 0) is 24.3 Å². The number of nitrogens with one attached hydrogen (secondary N) is 1. The lowest BCUT2D eigenvalue weighted by Crippen LogP contribution is -2.31. The quantitative estimate of drug-likeness (QED) is 0.909. The molecule has 19 heavy (non-hydrogen) atoms. The number of aromatic nitrogens is 3. The second-order valence-corrected chi connectivity index (χ2v) is 4.80. The van der Waals surface area contributed by atoms with E-state index in [0.29, 0.717) is 18.8 Å². The minimum atomic E-state index is -0.187. The van der Waals surface area contributed by atoms with Crippen molar-refractivity contribution < 1.29 is 9.53 Å². The highest BCUT2D eigenvalue weighted by Crippen LogP contribution is 2.15. The summed E-state index contributed by atoms with van der Waals surface area (Å²) in [6.07, 6.45) is 1.40. The summed E-state index contributed by atoms with van der Waals surface area (Å²) in [5, 5.41) is 9.75. The van der Waals surface area contributed by atoms with Gasteiger partial charge in [0.1, 0.15) is 12.4 Å². The average molecular weight is 325 g/mol. The predicted octanol–water partition coefficient (Wildman–Crippen LogP) is 1.72. The Balaban J connectivity index is 1.79. The van der Waals surface area contributed by atoms with Gasteiger partial charge < -0.3 is 9.64 Å². The number of aromatic amines is 1. The lowest BCUT2D eigenvalue weighted by atomic mass is 10.3. The maximum Gasteiger partial charge on any atom is 0.275 e. The number of carbonyl (C=O) groups is 1. The van der Waals surface area contributed by atoms with Crippen LogP contribution in [0.2, 0.25) is 0 Å². The molecule has 0 atom stereocenters. The van der Waals surface area contributed by atoms with Gasteiger partial charge in [-0.2, -0.15) is 15.4 Å². The van der Waals surface area contributed by atoms with E-state index in [4.69, 9.17) is 4.74 Å². The van der Waals surface area contributed by atoms with E-state index in [1.807, 2.05) is 24.3 Å². The molecule has 0 bridgehead atoms. The van der Waals surface area contributed by atoms with Crippen molar-refractivity contribution in [2.24, 2.45) is 0 Å². The molecule has 2 rings (SSSR count). The van der Waals surface area contributed by atoms with Crippen molar-refractivity contribution in [1.29, 1.82) is 0 Å². The van der Waals surface area contributed by atoms with E-state index in [2.05, 4.69) is 31.3 Å². The first kappa shape index (κ1) is 13.5. The number of benzene rings is 1. The van der Waals surface area contributed by atoms with Crippen LogP contribution in [0, 0.1) is 0 Å². The van der Waals surface area contributed by atoms with E-state index in [1.165, 1.54) is 11.1 Å². The van der Waals surface area contributed by atoms with Crippen molar-refractivity contribution in [3.8, 4) is 5.75 Å². The van der Waals surface area contributed by atoms with Gasteiger partial charge in [0.05, 0.1) is 12.7 Å². The molecule has 1 amide bonds. The van der Waals surface area contributed by atoms with Crippen molar-refractivity contribution in [2.45, 2.75) is 0 Å². The summed E-state index contributed by atoms with van der Waals surface area (Å²) in [5.74, 6) is 0.582. The molecule has 100 valence electrons. The fraction of sp³-hybridized carbons (Fsp3) is 0.250. The maximum absolute atomic E-state index is 11.8. The van der Waals surface area contributed by atoms with Gasteiger partial charge in [0.15, 0.2) is 5.69 Å². The molecule has 0 saturated carbocycles. The summed E-state index contributed by atoms with van der Waals surface area (Å²) < 4.78 is 6.54. The van der Waals surface area contributed by atoms with Gasteiger partial charge >= 0.3 is 0 Å². The van der Waals surface area contributed by atoms with Crippen LogP contribution in [-0.2, 0) is 0 Å². The van der Waals surface area contributed by atoms with Gasteiger partial charge in [0, 0.05) is 11.5 Å². The lowest BCUT2D eigenvalue weighted by Gasteiger charge is -2.16. The van der Waals surface area contributed by atoms with Gasteiger partial charge in [-0.25, -0.2) is 0 Å². The molecule has 2 aromatic rings. The summed E-state index contributed by atoms with van der Waals surface area (Å²) in [5.41, 5.74) is 0.297. The number of rotatable bonds is 5. The number of hydrogen-bond donors (Lipinski definition) is 1. The molecule has 1 aromatic heterocycles. The largest absolute Gasteiger partial charge is 0.492 e. The lowest BCUT2D eigenvalue weighted by molar-refractivity contribution is 0.0768. The van der Waals surface area contributed by atoms with Crippen molar-refractivity contribution >= 4 is 21.8 Å². The number of H-pyrrole nitrogens is 1. The Bertz CT molecular complexity index is 527. The number of hydrogen-bond acceptors (Lipinski definition) is 4. The number of likely N-dealkylation sites (N-methyl/N-ethyl adjacent to an activating group) is 1. The first-order valence-electron chi connectivity index (χ1n) is 5.66. The van der Waals surface area contributed by atoms with E-state index >= 15 is 0 Å². The second kappa shape index (κ2) is 6.33. The fourth-order valence-corrected chi connectivity index (χ4v) is 1.70. The van der Waals surface area contributed by atoms with Crippen LogP contribution < -0.4 is 4.74 Å². The van der Waals surface area contributed by atoms with E-state index in [9.17, 15) is 4.79 Å². The van der Waals surface area contributed by atoms with E-state index in [0.717, 1.165) is 10.2 Å². The zero-order chi connectivity index (χ0) is 13.7. The van der Waals surface area contributed by atoms with E-state index < -0.39 is 0 Å². The molecule has 7 heteroatoms. The van der Waals surface area contributed by atoms with Crippen LogP contribution in [-0.4, -0.2) is 46.4 Å². The van der Waals surface area contributed by atoms with Crippen LogP contribution in [0.4, 0.5) is 0 Å². The molecule has 0 radical (unpaired) electrons. The minimum absolute atomic E-state index is 0.187. The summed E-state index contributed by atoms with van der Waals surface area (Å²) >= 11 is 3.35. The molecule has 1 aromatic carbocycles. The van der Waals surface area contributed by atoms with Crippen LogP contribution in [0.1, 0.15) is 10.5 Å². The first-order valence-corrected chi connectivity index (χ1v) is 6.46. The highest BCUT2D eigenvalue weighted by molar-refractivity contribution is 9.10. The Morgan fingerprint density at radius 3 is 2.79 bits per heavy atom. The Hall–Kier alpha value is -1.89. The third kappa shape index (κ3) is 3.78. The maximum atomic E-state index is 11.8. The average Bonchev–Trinajstić information content (AvgIpc) is 2.94. The Morgan fingerprint density at radius 2 is 2.16 bits per heavy atom. The van der Waals surface area contributed by atoms with Crippen LogP contribution in [0.25, 0.3) is 0 Å². The molecule has 0 aliphatic heterocycles. The van der Waals surface area contributed by atoms with Crippen molar-refractivity contribution in [2.75, 3.05) is 20.2 Å². The molecule has 0 unspecified atom stereocenters. The molecule has 0 aliphatic rings. The summed E-state index contributed by atoms with van der Waals surface area (Å²) in [7, 11) is 1.70. The third-order valence-electron chi connectivity index (χ3n) is 2.49. The Labute approximate surface area is 118 Å². The predicted molar refractivity (Wildman–Crippen MR) is 73.0 cm³/mol. The van der Waals surface area contributed by atoms with Gasteiger partial charge in [-0.1, -0.05) is 15.9 Å². The molecule has 1 N–H and O–H groups in total. The number of carbonyl (C=O) groups excluding carboxylic acids is 1. The summed E-state index contributed by atoms with van der Waals surface area (Å²) in [6.45, 7) is 0.892. The summed E-state index contributed by atoms with van der Waals surface area (Å²) in [6, 6.07) is 7.53. The number of amides is 1. The van der Waals surface area contributed by atoms with Crippen LogP contribution in [0.3, 0.4) is 0 Å². The first-order chi connectivity index (χ1) is 9.16. The SMILES string of the molecule is CN(CCOc1ccc(Br)cc1)C(=O)c1cn[nH]n1. The van der Waals surface area contributed by atoms with Crippen LogP contribution in [0.15, 0.2) is 34.9 Å². The zero-order valence-electron chi connectivity index (χ0n) is 10.3. The minimum Gasteiger partial charge on any atom is -0.492 e. The molecule has 1 heterocycles. The normalized spacial score (nSPS) is 10.2. The van der Waals surface area contributed by atoms with Gasteiger partial charge in [-0.15, -0.1) is 0 Å². The molecule has 0 spiro atoms. The highest BCUT2D eigenvalue weighted by Gasteiger charge is 2.13. The van der Waals surface area contributed by atoms with Gasteiger partial charge in [-0.3, -0.25) is 4.79 Å². The van der Waals surface area contributed by atoms with Crippen molar-refractivity contribution in [1.82, 2.24) is 20.3 Å². The number of ether oxygens (including phenoxy) is 1. The molecule has 0 aliphatic carbocycles. The molecule has 0 fully saturated rings. The van der Waals surface area contributed by atoms with E-state index in [1.54, 1.807) is 7.05 Å². The highest BCUT2D eigenvalue weighted by atomic mass is 79.9.